The van der Waals surface area contributed by atoms with Crippen molar-refractivity contribution >= 4 is 27.3 Å². The van der Waals surface area contributed by atoms with E-state index in [2.05, 4.69) is 4.90 Å². The maximum Gasteiger partial charge on any atom is 0.252 e. The molecule has 3 aliphatic rings. The molecule has 1 amide bonds. The first kappa shape index (κ1) is 22.2. The predicted molar refractivity (Wildman–Crippen MR) is 117 cm³/mol. The Hall–Kier alpha value is -1.00. The van der Waals surface area contributed by atoms with Gasteiger partial charge in [-0.05, 0) is 56.0 Å². The van der Waals surface area contributed by atoms with E-state index in [0.29, 0.717) is 23.2 Å². The van der Waals surface area contributed by atoms with Crippen LogP contribution in [-0.4, -0.2) is 87.5 Å². The van der Waals surface area contributed by atoms with E-state index in [1.54, 1.807) is 17.5 Å². The zero-order valence-electron chi connectivity index (χ0n) is 17.6. The van der Waals surface area contributed by atoms with Gasteiger partial charge in [-0.25, -0.2) is 8.42 Å². The van der Waals surface area contributed by atoms with Gasteiger partial charge in [0.15, 0.2) is 0 Å². The van der Waals surface area contributed by atoms with Crippen molar-refractivity contribution in [2.45, 2.75) is 36.3 Å². The van der Waals surface area contributed by atoms with Gasteiger partial charge >= 0.3 is 0 Å². The van der Waals surface area contributed by atoms with Crippen molar-refractivity contribution in [3.63, 3.8) is 0 Å². The number of amides is 1. The molecule has 0 aromatic carbocycles. The summed E-state index contributed by atoms with van der Waals surface area (Å²) in [4.78, 5) is 17.6. The number of ether oxygens (including phenoxy) is 1. The number of sulfonamides is 1. The van der Waals surface area contributed by atoms with Gasteiger partial charge in [-0.1, -0.05) is 6.07 Å². The van der Waals surface area contributed by atoms with Gasteiger partial charge in [0.25, 0.3) is 10.0 Å². The molecule has 1 aromatic rings. The van der Waals surface area contributed by atoms with Gasteiger partial charge in [0.05, 0.1) is 19.1 Å². The highest BCUT2D eigenvalue weighted by Crippen LogP contribution is 2.29. The van der Waals surface area contributed by atoms with Crippen molar-refractivity contribution in [2.24, 2.45) is 11.8 Å². The maximum absolute atomic E-state index is 13.1. The first-order valence-corrected chi connectivity index (χ1v) is 13.5. The summed E-state index contributed by atoms with van der Waals surface area (Å²) in [5.41, 5.74) is 0. The smallest absolute Gasteiger partial charge is 0.252 e. The number of hydrogen-bond acceptors (Lipinski definition) is 6. The molecule has 0 saturated carbocycles. The molecule has 30 heavy (non-hydrogen) atoms. The van der Waals surface area contributed by atoms with Crippen molar-refractivity contribution in [2.75, 3.05) is 59.0 Å². The van der Waals surface area contributed by atoms with E-state index < -0.39 is 10.0 Å². The molecule has 0 spiro atoms. The minimum atomic E-state index is -3.48. The summed E-state index contributed by atoms with van der Waals surface area (Å²) in [6.45, 7) is 7.31. The molecule has 4 heterocycles. The summed E-state index contributed by atoms with van der Waals surface area (Å²) in [5, 5.41) is 1.78. The maximum atomic E-state index is 13.1. The first-order chi connectivity index (χ1) is 14.5. The fourth-order valence-corrected chi connectivity index (χ4v) is 7.46. The van der Waals surface area contributed by atoms with Crippen LogP contribution in [0, 0.1) is 11.8 Å². The van der Waals surface area contributed by atoms with E-state index in [1.807, 2.05) is 4.90 Å². The van der Waals surface area contributed by atoms with E-state index in [9.17, 15) is 13.2 Å². The molecule has 0 radical (unpaired) electrons. The van der Waals surface area contributed by atoms with Crippen LogP contribution in [0.25, 0.3) is 0 Å². The number of nitrogens with zero attached hydrogens (tertiary/aromatic N) is 3. The molecule has 1 aromatic heterocycles. The molecule has 3 saturated heterocycles. The lowest BCUT2D eigenvalue weighted by molar-refractivity contribution is -0.138. The van der Waals surface area contributed by atoms with E-state index in [0.717, 1.165) is 71.6 Å². The largest absolute Gasteiger partial charge is 0.379 e. The van der Waals surface area contributed by atoms with Crippen LogP contribution in [0.1, 0.15) is 32.1 Å². The highest BCUT2D eigenvalue weighted by molar-refractivity contribution is 7.91. The molecule has 0 N–H and O–H groups in total. The molecule has 9 heteroatoms. The summed E-state index contributed by atoms with van der Waals surface area (Å²) in [5.74, 6) is 0.616. The Morgan fingerprint density at radius 3 is 2.57 bits per heavy atom. The van der Waals surface area contributed by atoms with Gasteiger partial charge in [-0.3, -0.25) is 9.69 Å². The zero-order chi connectivity index (χ0) is 21.0. The van der Waals surface area contributed by atoms with Gasteiger partial charge in [0.1, 0.15) is 4.21 Å². The average Bonchev–Trinajstić information content (AvgIpc) is 3.34. The normalized spacial score (nSPS) is 25.5. The Morgan fingerprint density at radius 1 is 1.10 bits per heavy atom. The third kappa shape index (κ3) is 5.24. The molecule has 168 valence electrons. The quantitative estimate of drug-likeness (QED) is 0.657. The fraction of sp³-hybridized carbons (Fsp3) is 0.762. The Balaban J connectivity index is 1.25. The van der Waals surface area contributed by atoms with Crippen molar-refractivity contribution in [1.29, 1.82) is 0 Å². The second-order valence-corrected chi connectivity index (χ2v) is 11.8. The second kappa shape index (κ2) is 10.1. The molecule has 7 nitrogen and oxygen atoms in total. The standard InChI is InChI=1S/C21H33N3O4S2/c25-21(19-3-1-8-24(17-19)30(26,27)20-4-2-16-29-20)23-10-6-18(7-11-23)5-9-22-12-14-28-15-13-22/h2,4,16,18-19H,1,3,5-15,17H2. The predicted octanol–water partition coefficient (Wildman–Crippen LogP) is 2.11. The summed E-state index contributed by atoms with van der Waals surface area (Å²) >= 11 is 1.24. The number of carbonyl (C=O) groups excluding carboxylic acids is 1. The van der Waals surface area contributed by atoms with Crippen LogP contribution in [0.4, 0.5) is 0 Å². The topological polar surface area (TPSA) is 70.2 Å². The second-order valence-electron chi connectivity index (χ2n) is 8.65. The molecule has 1 atom stereocenters. The molecule has 1 unspecified atom stereocenters. The summed E-state index contributed by atoms with van der Waals surface area (Å²) in [6, 6.07) is 3.40. The number of rotatable bonds is 6. The number of carbonyl (C=O) groups is 1. The van der Waals surface area contributed by atoms with Crippen LogP contribution < -0.4 is 0 Å². The van der Waals surface area contributed by atoms with E-state index in [1.165, 1.54) is 22.1 Å². The van der Waals surface area contributed by atoms with E-state index in [4.69, 9.17) is 4.74 Å². The Morgan fingerprint density at radius 2 is 1.87 bits per heavy atom. The lowest BCUT2D eigenvalue weighted by Crippen LogP contribution is -2.48. The van der Waals surface area contributed by atoms with E-state index in [-0.39, 0.29) is 11.8 Å². The number of hydrogen-bond donors (Lipinski definition) is 0. The Kier molecular flexibility index (Phi) is 7.46. The molecular weight excluding hydrogens is 422 g/mol. The van der Waals surface area contributed by atoms with E-state index >= 15 is 0 Å². The summed E-state index contributed by atoms with van der Waals surface area (Å²) in [6.07, 6.45) is 4.83. The molecule has 3 fully saturated rings. The van der Waals surface area contributed by atoms with Crippen molar-refractivity contribution in [3.8, 4) is 0 Å². The third-order valence-corrected chi connectivity index (χ3v) is 9.94. The van der Waals surface area contributed by atoms with Gasteiger partial charge < -0.3 is 9.64 Å². The lowest BCUT2D eigenvalue weighted by atomic mass is 9.91. The number of likely N-dealkylation sites (tertiary alicyclic amines) is 1. The zero-order valence-corrected chi connectivity index (χ0v) is 19.2. The number of morpholine rings is 1. The highest BCUT2D eigenvalue weighted by Gasteiger charge is 2.36. The van der Waals surface area contributed by atoms with Crippen molar-refractivity contribution in [1.82, 2.24) is 14.1 Å². The Labute approximate surface area is 184 Å². The third-order valence-electron chi connectivity index (χ3n) is 6.71. The molecular formula is C21H33N3O4S2. The van der Waals surface area contributed by atoms with Crippen LogP contribution in [0.3, 0.4) is 0 Å². The Bertz CT molecular complexity index is 785. The molecule has 3 aliphatic heterocycles. The SMILES string of the molecule is O=C(C1CCCN(S(=O)(=O)c2cccs2)C1)N1CCC(CCN2CCOCC2)CC1. The van der Waals surface area contributed by atoms with Crippen molar-refractivity contribution < 1.29 is 17.9 Å². The van der Waals surface area contributed by atoms with Gasteiger partial charge in [0, 0.05) is 39.3 Å². The first-order valence-electron chi connectivity index (χ1n) is 11.2. The highest BCUT2D eigenvalue weighted by atomic mass is 32.2. The van der Waals surface area contributed by atoms with Crippen LogP contribution in [0.2, 0.25) is 0 Å². The average molecular weight is 456 g/mol. The summed E-state index contributed by atoms with van der Waals surface area (Å²) in [7, 11) is -3.48. The number of thiophene rings is 1. The fourth-order valence-electron chi connectivity index (χ4n) is 4.79. The molecule has 4 rings (SSSR count). The van der Waals surface area contributed by atoms with Gasteiger partial charge in [-0.2, -0.15) is 4.31 Å². The van der Waals surface area contributed by atoms with Crippen LogP contribution in [0.5, 0.6) is 0 Å². The summed E-state index contributed by atoms with van der Waals surface area (Å²) < 4.78 is 33.0. The minimum absolute atomic E-state index is 0.146. The van der Waals surface area contributed by atoms with Crippen molar-refractivity contribution in [3.05, 3.63) is 17.5 Å². The van der Waals surface area contributed by atoms with Crippen LogP contribution in [-0.2, 0) is 19.6 Å². The minimum Gasteiger partial charge on any atom is -0.379 e. The van der Waals surface area contributed by atoms with Crippen LogP contribution >= 0.6 is 11.3 Å². The molecule has 0 aliphatic carbocycles. The van der Waals surface area contributed by atoms with Gasteiger partial charge in [0.2, 0.25) is 5.91 Å². The van der Waals surface area contributed by atoms with Crippen LogP contribution in [0.15, 0.2) is 21.7 Å². The lowest BCUT2D eigenvalue weighted by Gasteiger charge is -2.38. The van der Waals surface area contributed by atoms with Gasteiger partial charge in [-0.15, -0.1) is 11.3 Å². The molecule has 0 bridgehead atoms. The monoisotopic (exact) mass is 455 g/mol. The number of piperidine rings is 2.